The Kier molecular flexibility index (Phi) is 5.85. The average Bonchev–Trinajstić information content (AvgIpc) is 3.20. The van der Waals surface area contributed by atoms with Gasteiger partial charge in [-0.15, -0.1) is 0 Å². The van der Waals surface area contributed by atoms with E-state index < -0.39 is 0 Å². The first-order valence-electron chi connectivity index (χ1n) is 15.8. The van der Waals surface area contributed by atoms with E-state index in [-0.39, 0.29) is 5.41 Å². The molecule has 0 saturated carbocycles. The third-order valence-electron chi connectivity index (χ3n) is 9.52. The normalized spacial score (nSPS) is 13.5. The number of para-hydroxylation sites is 1. The van der Waals surface area contributed by atoms with Crippen LogP contribution in [0, 0.1) is 0 Å². The van der Waals surface area contributed by atoms with Crippen LogP contribution in [-0.2, 0) is 5.41 Å². The SMILES string of the molecule is CC1(C)c2ccccc2-c2ccc(N(c3ccc(-c4ccccc4)cc3)c3cccc4c3Oc3cccc5cccc(c35)O4)cc21. The molecule has 3 heteroatoms. The van der Waals surface area contributed by atoms with Crippen LogP contribution in [-0.4, -0.2) is 0 Å². The molecule has 7 aromatic rings. The zero-order valence-electron chi connectivity index (χ0n) is 25.7. The number of nitrogens with zero attached hydrogens (tertiary/aromatic N) is 1. The highest BCUT2D eigenvalue weighted by molar-refractivity contribution is 5.96. The lowest BCUT2D eigenvalue weighted by molar-refractivity contribution is 0.440. The van der Waals surface area contributed by atoms with E-state index in [1.165, 1.54) is 33.4 Å². The van der Waals surface area contributed by atoms with Crippen molar-refractivity contribution in [1.29, 1.82) is 0 Å². The van der Waals surface area contributed by atoms with Crippen LogP contribution in [0.1, 0.15) is 25.0 Å². The lowest BCUT2D eigenvalue weighted by atomic mass is 9.82. The Hall–Kier alpha value is -5.80. The van der Waals surface area contributed by atoms with Gasteiger partial charge in [0.2, 0.25) is 0 Å². The Morgan fingerprint density at radius 3 is 1.91 bits per heavy atom. The molecule has 7 aromatic carbocycles. The zero-order valence-corrected chi connectivity index (χ0v) is 25.7. The molecule has 0 bridgehead atoms. The predicted molar refractivity (Wildman–Crippen MR) is 188 cm³/mol. The predicted octanol–water partition coefficient (Wildman–Crippen LogP) is 12.2. The Labute approximate surface area is 268 Å². The molecule has 1 aliphatic carbocycles. The number of anilines is 3. The van der Waals surface area contributed by atoms with Crippen LogP contribution in [0.5, 0.6) is 23.0 Å². The summed E-state index contributed by atoms with van der Waals surface area (Å²) in [4.78, 5) is 2.30. The van der Waals surface area contributed by atoms with Crippen LogP contribution in [0.4, 0.5) is 17.1 Å². The first-order chi connectivity index (χ1) is 22.6. The first-order valence-corrected chi connectivity index (χ1v) is 15.8. The van der Waals surface area contributed by atoms with Crippen LogP contribution in [0.25, 0.3) is 33.0 Å². The van der Waals surface area contributed by atoms with E-state index in [2.05, 4.69) is 134 Å². The Morgan fingerprint density at radius 2 is 1.11 bits per heavy atom. The van der Waals surface area contributed by atoms with Gasteiger partial charge in [0.25, 0.3) is 0 Å². The highest BCUT2D eigenvalue weighted by Gasteiger charge is 2.36. The number of ether oxygens (including phenoxy) is 2. The molecule has 9 rings (SSSR count). The molecule has 220 valence electrons. The Bertz CT molecular complexity index is 2280. The van der Waals surface area contributed by atoms with E-state index in [4.69, 9.17) is 9.47 Å². The topological polar surface area (TPSA) is 21.7 Å². The van der Waals surface area contributed by atoms with Crippen molar-refractivity contribution in [2.75, 3.05) is 4.90 Å². The summed E-state index contributed by atoms with van der Waals surface area (Å²) in [6.45, 7) is 4.65. The molecule has 0 aromatic heterocycles. The fourth-order valence-electron chi connectivity index (χ4n) is 7.23. The first kappa shape index (κ1) is 26.6. The third-order valence-corrected chi connectivity index (χ3v) is 9.52. The van der Waals surface area contributed by atoms with Crippen molar-refractivity contribution in [3.63, 3.8) is 0 Å². The van der Waals surface area contributed by atoms with Gasteiger partial charge in [-0.25, -0.2) is 0 Å². The smallest absolute Gasteiger partial charge is 0.193 e. The van der Waals surface area contributed by atoms with Gasteiger partial charge >= 0.3 is 0 Å². The highest BCUT2D eigenvalue weighted by Crippen LogP contribution is 2.54. The van der Waals surface area contributed by atoms with E-state index in [1.54, 1.807) is 0 Å². The van der Waals surface area contributed by atoms with Crippen molar-refractivity contribution in [3.8, 4) is 45.3 Å². The second-order valence-corrected chi connectivity index (χ2v) is 12.6. The van der Waals surface area contributed by atoms with E-state index in [1.807, 2.05) is 36.4 Å². The molecule has 3 nitrogen and oxygen atoms in total. The molecular formula is C43H31NO2. The van der Waals surface area contributed by atoms with Gasteiger partial charge in [0.05, 0.1) is 11.1 Å². The minimum atomic E-state index is -0.130. The number of benzene rings is 7. The maximum atomic E-state index is 6.84. The van der Waals surface area contributed by atoms with Crippen molar-refractivity contribution in [1.82, 2.24) is 0 Å². The van der Waals surface area contributed by atoms with Crippen molar-refractivity contribution in [2.24, 2.45) is 0 Å². The van der Waals surface area contributed by atoms with Gasteiger partial charge < -0.3 is 14.4 Å². The number of hydrogen-bond acceptors (Lipinski definition) is 3. The summed E-state index contributed by atoms with van der Waals surface area (Å²) in [5, 5.41) is 2.06. The van der Waals surface area contributed by atoms with Gasteiger partial charge in [-0.3, -0.25) is 0 Å². The number of rotatable bonds is 4. The number of hydrogen-bond donors (Lipinski definition) is 0. The minimum absolute atomic E-state index is 0.130. The molecule has 0 spiro atoms. The molecule has 0 saturated heterocycles. The molecule has 0 unspecified atom stereocenters. The van der Waals surface area contributed by atoms with Crippen LogP contribution in [0.3, 0.4) is 0 Å². The van der Waals surface area contributed by atoms with Crippen LogP contribution < -0.4 is 14.4 Å². The quantitative estimate of drug-likeness (QED) is 0.203. The summed E-state index contributed by atoms with van der Waals surface area (Å²) >= 11 is 0. The number of fused-ring (bicyclic) bond motifs is 4. The second kappa shape index (κ2) is 10.1. The fourth-order valence-corrected chi connectivity index (χ4v) is 7.23. The maximum Gasteiger partial charge on any atom is 0.193 e. The van der Waals surface area contributed by atoms with Crippen molar-refractivity contribution >= 4 is 27.8 Å². The molecule has 2 aliphatic rings. The molecule has 46 heavy (non-hydrogen) atoms. The standard InChI is InChI=1S/C43H31NO2/c1-43(2)35-16-7-6-15-33(35)34-26-25-32(27-36(34)43)44(31-23-21-29(22-24-31)28-11-4-3-5-12-28)37-17-10-20-40-42(37)46-39-19-9-14-30-13-8-18-38(45-40)41(30)39/h3-27H,1-2H3. The van der Waals surface area contributed by atoms with E-state index >= 15 is 0 Å². The second-order valence-electron chi connectivity index (χ2n) is 12.6. The van der Waals surface area contributed by atoms with Gasteiger partial charge in [0.1, 0.15) is 11.5 Å². The van der Waals surface area contributed by atoms with E-state index in [0.29, 0.717) is 11.5 Å². The minimum Gasteiger partial charge on any atom is -0.453 e. The molecule has 1 heterocycles. The van der Waals surface area contributed by atoms with Gasteiger partial charge in [0.15, 0.2) is 11.5 Å². The summed E-state index contributed by atoms with van der Waals surface area (Å²) in [7, 11) is 0. The largest absolute Gasteiger partial charge is 0.453 e. The van der Waals surface area contributed by atoms with Crippen LogP contribution in [0.15, 0.2) is 152 Å². The molecule has 0 fully saturated rings. The van der Waals surface area contributed by atoms with Crippen LogP contribution in [0.2, 0.25) is 0 Å². The Morgan fingerprint density at radius 1 is 0.478 bits per heavy atom. The summed E-state index contributed by atoms with van der Waals surface area (Å²) in [5.74, 6) is 2.94. The summed E-state index contributed by atoms with van der Waals surface area (Å²) < 4.78 is 13.5. The van der Waals surface area contributed by atoms with E-state index in [0.717, 1.165) is 39.3 Å². The molecule has 0 N–H and O–H groups in total. The summed E-state index contributed by atoms with van der Waals surface area (Å²) in [5.41, 5.74) is 10.5. The van der Waals surface area contributed by atoms with Gasteiger partial charge in [-0.1, -0.05) is 117 Å². The van der Waals surface area contributed by atoms with Crippen LogP contribution >= 0.6 is 0 Å². The monoisotopic (exact) mass is 593 g/mol. The molecule has 0 amide bonds. The lowest BCUT2D eigenvalue weighted by Crippen LogP contribution is -2.16. The van der Waals surface area contributed by atoms with Crippen molar-refractivity contribution in [3.05, 3.63) is 163 Å². The molecular weight excluding hydrogens is 562 g/mol. The summed E-state index contributed by atoms with van der Waals surface area (Å²) in [6, 6.07) is 53.4. The maximum absolute atomic E-state index is 6.84. The average molecular weight is 594 g/mol. The summed E-state index contributed by atoms with van der Waals surface area (Å²) in [6.07, 6.45) is 0. The van der Waals surface area contributed by atoms with Crippen molar-refractivity contribution < 1.29 is 9.47 Å². The Balaban J connectivity index is 1.24. The fraction of sp³-hybridized carbons (Fsp3) is 0.0698. The molecule has 1 aliphatic heterocycles. The molecule has 0 atom stereocenters. The molecule has 0 radical (unpaired) electrons. The highest BCUT2D eigenvalue weighted by atomic mass is 16.5. The zero-order chi connectivity index (χ0) is 30.8. The van der Waals surface area contributed by atoms with Gasteiger partial charge in [0, 0.05) is 16.8 Å². The van der Waals surface area contributed by atoms with Gasteiger partial charge in [-0.2, -0.15) is 0 Å². The van der Waals surface area contributed by atoms with Crippen molar-refractivity contribution in [2.45, 2.75) is 19.3 Å². The lowest BCUT2D eigenvalue weighted by Gasteiger charge is -2.29. The van der Waals surface area contributed by atoms with E-state index in [9.17, 15) is 0 Å². The third kappa shape index (κ3) is 4.05. The van der Waals surface area contributed by atoms with Gasteiger partial charge in [-0.05, 0) is 87.3 Å².